The van der Waals surface area contributed by atoms with Crippen molar-refractivity contribution in [3.63, 3.8) is 0 Å². The Labute approximate surface area is 90.4 Å². The van der Waals surface area contributed by atoms with E-state index >= 15 is 0 Å². The van der Waals surface area contributed by atoms with Crippen molar-refractivity contribution >= 4 is 0 Å². The third kappa shape index (κ3) is 1.53. The topological polar surface area (TPSA) is 35.2 Å². The molecule has 0 spiro atoms. The predicted molar refractivity (Wildman–Crippen MR) is 60.1 cm³/mol. The van der Waals surface area contributed by atoms with Gasteiger partial charge in [0.25, 0.3) is 0 Å². The second-order valence-corrected chi connectivity index (χ2v) is 4.83. The zero-order valence-corrected chi connectivity index (χ0v) is 9.07. The van der Waals surface area contributed by atoms with Gasteiger partial charge in [-0.15, -0.1) is 0 Å². The van der Waals surface area contributed by atoms with Gasteiger partial charge < -0.3 is 10.5 Å². The third-order valence-electron chi connectivity index (χ3n) is 3.66. The van der Waals surface area contributed by atoms with Crippen LogP contribution < -0.4 is 10.5 Å². The van der Waals surface area contributed by atoms with Crippen molar-refractivity contribution in [3.05, 3.63) is 29.3 Å². The molecule has 0 saturated heterocycles. The summed E-state index contributed by atoms with van der Waals surface area (Å²) >= 11 is 0. The van der Waals surface area contributed by atoms with Crippen molar-refractivity contribution in [1.82, 2.24) is 0 Å². The Morgan fingerprint density at radius 2 is 2.33 bits per heavy atom. The van der Waals surface area contributed by atoms with Gasteiger partial charge in [0.05, 0.1) is 6.61 Å². The van der Waals surface area contributed by atoms with Crippen LogP contribution in [0.3, 0.4) is 0 Å². The third-order valence-corrected chi connectivity index (χ3v) is 3.66. The average molecular weight is 203 g/mol. The van der Waals surface area contributed by atoms with Gasteiger partial charge in [0.2, 0.25) is 0 Å². The maximum Gasteiger partial charge on any atom is 0.122 e. The van der Waals surface area contributed by atoms with E-state index < -0.39 is 0 Å². The zero-order valence-electron chi connectivity index (χ0n) is 9.07. The maximum atomic E-state index is 5.91. The Morgan fingerprint density at radius 1 is 1.47 bits per heavy atom. The van der Waals surface area contributed by atoms with Gasteiger partial charge >= 0.3 is 0 Å². The standard InChI is InChI=1S/C13H17NO/c1-8(14)11-7-12(11)9-2-3-13-10(6-9)4-5-15-13/h2-3,6,8,11-12H,4-5,7,14H2,1H3/t8-,11+,12-/m1/s1. The summed E-state index contributed by atoms with van der Waals surface area (Å²) in [6.07, 6.45) is 2.33. The molecule has 1 fully saturated rings. The summed E-state index contributed by atoms with van der Waals surface area (Å²) in [5.41, 5.74) is 8.75. The van der Waals surface area contributed by atoms with E-state index in [2.05, 4.69) is 25.1 Å². The SMILES string of the molecule is C[C@@H](N)[C@@H]1C[C@@H]1c1ccc2c(c1)CCO2. The van der Waals surface area contributed by atoms with E-state index in [1.54, 1.807) is 0 Å². The lowest BCUT2D eigenvalue weighted by atomic mass is 10.0. The fraction of sp³-hybridized carbons (Fsp3) is 0.538. The first kappa shape index (κ1) is 9.22. The molecule has 3 atom stereocenters. The van der Waals surface area contributed by atoms with Crippen LogP contribution in [0, 0.1) is 5.92 Å². The first-order valence-corrected chi connectivity index (χ1v) is 5.77. The number of hydrogen-bond acceptors (Lipinski definition) is 2. The quantitative estimate of drug-likeness (QED) is 0.798. The first-order chi connectivity index (χ1) is 7.25. The van der Waals surface area contributed by atoms with Crippen LogP contribution in [0.1, 0.15) is 30.4 Å². The fourth-order valence-electron chi connectivity index (χ4n) is 2.62. The van der Waals surface area contributed by atoms with Crippen molar-refractivity contribution in [2.24, 2.45) is 11.7 Å². The van der Waals surface area contributed by atoms with Crippen molar-refractivity contribution in [2.75, 3.05) is 6.61 Å². The van der Waals surface area contributed by atoms with Crippen LogP contribution in [0.15, 0.2) is 18.2 Å². The van der Waals surface area contributed by atoms with E-state index in [1.165, 1.54) is 17.5 Å². The largest absolute Gasteiger partial charge is 0.493 e. The minimum atomic E-state index is 0.333. The van der Waals surface area contributed by atoms with Crippen LogP contribution in [0.25, 0.3) is 0 Å². The average Bonchev–Trinajstić information content (AvgIpc) is 2.89. The molecule has 0 aromatic heterocycles. The highest BCUT2D eigenvalue weighted by Gasteiger charge is 2.40. The number of hydrogen-bond donors (Lipinski definition) is 1. The minimum absolute atomic E-state index is 0.333. The Bertz CT molecular complexity index is 386. The van der Waals surface area contributed by atoms with Crippen LogP contribution in [0.2, 0.25) is 0 Å². The molecule has 80 valence electrons. The summed E-state index contributed by atoms with van der Waals surface area (Å²) in [5.74, 6) is 2.48. The van der Waals surface area contributed by atoms with E-state index in [1.807, 2.05) is 0 Å². The molecule has 0 bridgehead atoms. The molecule has 0 radical (unpaired) electrons. The molecule has 1 saturated carbocycles. The number of nitrogens with two attached hydrogens (primary N) is 1. The lowest BCUT2D eigenvalue weighted by molar-refractivity contribution is 0.357. The molecule has 3 rings (SSSR count). The van der Waals surface area contributed by atoms with Gasteiger partial charge in [0.1, 0.15) is 5.75 Å². The second-order valence-electron chi connectivity index (χ2n) is 4.83. The van der Waals surface area contributed by atoms with Gasteiger partial charge in [-0.2, -0.15) is 0 Å². The van der Waals surface area contributed by atoms with Gasteiger partial charge in [-0.25, -0.2) is 0 Å². The van der Waals surface area contributed by atoms with Crippen molar-refractivity contribution in [2.45, 2.75) is 31.7 Å². The highest BCUT2D eigenvalue weighted by molar-refractivity contribution is 5.42. The number of ether oxygens (including phenoxy) is 1. The summed E-state index contributed by atoms with van der Waals surface area (Å²) in [4.78, 5) is 0. The van der Waals surface area contributed by atoms with E-state index in [-0.39, 0.29) is 0 Å². The lowest BCUT2D eigenvalue weighted by Gasteiger charge is -2.05. The Hall–Kier alpha value is -1.02. The van der Waals surface area contributed by atoms with Crippen LogP contribution in [0.5, 0.6) is 5.75 Å². The molecule has 1 aliphatic heterocycles. The minimum Gasteiger partial charge on any atom is -0.493 e. The van der Waals surface area contributed by atoms with E-state index in [0.29, 0.717) is 17.9 Å². The summed E-state index contributed by atoms with van der Waals surface area (Å²) in [5, 5.41) is 0. The highest BCUT2D eigenvalue weighted by atomic mass is 16.5. The smallest absolute Gasteiger partial charge is 0.122 e. The Morgan fingerprint density at radius 3 is 3.07 bits per heavy atom. The Balaban J connectivity index is 1.83. The molecule has 2 N–H and O–H groups in total. The van der Waals surface area contributed by atoms with E-state index in [9.17, 15) is 0 Å². The molecule has 15 heavy (non-hydrogen) atoms. The van der Waals surface area contributed by atoms with Gasteiger partial charge in [0, 0.05) is 12.5 Å². The monoisotopic (exact) mass is 203 g/mol. The van der Waals surface area contributed by atoms with Crippen LogP contribution in [-0.4, -0.2) is 12.6 Å². The molecule has 2 aliphatic rings. The molecular formula is C13H17NO. The van der Waals surface area contributed by atoms with Crippen LogP contribution in [-0.2, 0) is 6.42 Å². The summed E-state index contributed by atoms with van der Waals surface area (Å²) in [7, 11) is 0. The van der Waals surface area contributed by atoms with Crippen molar-refractivity contribution < 1.29 is 4.74 Å². The summed E-state index contributed by atoms with van der Waals surface area (Å²) in [6, 6.07) is 6.97. The van der Waals surface area contributed by atoms with Gasteiger partial charge in [-0.05, 0) is 42.4 Å². The first-order valence-electron chi connectivity index (χ1n) is 5.77. The molecule has 1 aromatic rings. The van der Waals surface area contributed by atoms with E-state index in [0.717, 1.165) is 18.8 Å². The van der Waals surface area contributed by atoms with Gasteiger partial charge in [0.15, 0.2) is 0 Å². The van der Waals surface area contributed by atoms with Crippen LogP contribution >= 0.6 is 0 Å². The molecule has 0 unspecified atom stereocenters. The maximum absolute atomic E-state index is 5.91. The van der Waals surface area contributed by atoms with Gasteiger partial charge in [-0.3, -0.25) is 0 Å². The lowest BCUT2D eigenvalue weighted by Crippen LogP contribution is -2.17. The molecular weight excluding hydrogens is 186 g/mol. The molecule has 2 heteroatoms. The number of fused-ring (bicyclic) bond motifs is 1. The molecule has 2 nitrogen and oxygen atoms in total. The van der Waals surface area contributed by atoms with E-state index in [4.69, 9.17) is 10.5 Å². The second kappa shape index (κ2) is 3.24. The molecule has 1 aliphatic carbocycles. The number of rotatable bonds is 2. The van der Waals surface area contributed by atoms with Crippen molar-refractivity contribution in [1.29, 1.82) is 0 Å². The normalized spacial score (nSPS) is 29.5. The summed E-state index contributed by atoms with van der Waals surface area (Å²) in [6.45, 7) is 2.96. The molecule has 1 aromatic carbocycles. The summed E-state index contributed by atoms with van der Waals surface area (Å²) < 4.78 is 5.50. The molecule has 0 amide bonds. The zero-order chi connectivity index (χ0) is 10.4. The fourth-order valence-corrected chi connectivity index (χ4v) is 2.62. The molecule has 1 heterocycles. The van der Waals surface area contributed by atoms with Crippen molar-refractivity contribution in [3.8, 4) is 5.75 Å². The predicted octanol–water partition coefficient (Wildman–Crippen LogP) is 2.07. The Kier molecular flexibility index (Phi) is 1.99. The number of benzene rings is 1. The van der Waals surface area contributed by atoms with Gasteiger partial charge in [-0.1, -0.05) is 12.1 Å². The highest BCUT2D eigenvalue weighted by Crippen LogP contribution is 2.49. The van der Waals surface area contributed by atoms with Crippen LogP contribution in [0.4, 0.5) is 0 Å².